The molecular weight excluding hydrogens is 280 g/mol. The minimum Gasteiger partial charge on any atom is -0.489 e. The second-order valence-corrected chi connectivity index (χ2v) is 6.01. The van der Waals surface area contributed by atoms with E-state index < -0.39 is 0 Å². The highest BCUT2D eigenvalue weighted by molar-refractivity contribution is 5.68. The summed E-state index contributed by atoms with van der Waals surface area (Å²) in [6.45, 7) is 6.96. The van der Waals surface area contributed by atoms with Crippen LogP contribution in [0, 0.1) is 20.8 Å². The van der Waals surface area contributed by atoms with Gasteiger partial charge in [0, 0.05) is 0 Å². The average molecular weight is 302 g/mol. The van der Waals surface area contributed by atoms with Crippen molar-refractivity contribution >= 4 is 0 Å². The summed E-state index contributed by atoms with van der Waals surface area (Å²) in [5.41, 5.74) is 7.47. The Balaban J connectivity index is 1.84. The zero-order valence-corrected chi connectivity index (χ0v) is 14.0. The van der Waals surface area contributed by atoms with E-state index in [1.807, 2.05) is 6.07 Å². The van der Waals surface area contributed by atoms with Crippen LogP contribution < -0.4 is 4.74 Å². The predicted molar refractivity (Wildman–Crippen MR) is 96.9 cm³/mol. The van der Waals surface area contributed by atoms with Crippen molar-refractivity contribution in [2.75, 3.05) is 0 Å². The van der Waals surface area contributed by atoms with Crippen LogP contribution in [0.4, 0.5) is 0 Å². The molecule has 0 aliphatic rings. The Kier molecular flexibility index (Phi) is 4.47. The van der Waals surface area contributed by atoms with Gasteiger partial charge in [-0.05, 0) is 54.7 Å². The maximum Gasteiger partial charge on any atom is 0.122 e. The number of ether oxygens (including phenoxy) is 1. The van der Waals surface area contributed by atoms with Gasteiger partial charge in [0.05, 0.1) is 0 Å². The van der Waals surface area contributed by atoms with Crippen LogP contribution in [0.5, 0.6) is 5.75 Å². The third-order valence-corrected chi connectivity index (χ3v) is 4.24. The SMILES string of the molecule is Cc1ccc(OCc2cccc(-c3ccccc3)c2C)c(C)c1. The first-order chi connectivity index (χ1) is 11.1. The van der Waals surface area contributed by atoms with Gasteiger partial charge in [-0.3, -0.25) is 0 Å². The van der Waals surface area contributed by atoms with Gasteiger partial charge in [0.15, 0.2) is 0 Å². The Hall–Kier alpha value is -2.54. The Labute approximate surface area is 138 Å². The van der Waals surface area contributed by atoms with E-state index in [2.05, 4.69) is 81.4 Å². The highest BCUT2D eigenvalue weighted by Gasteiger charge is 2.07. The summed E-state index contributed by atoms with van der Waals surface area (Å²) in [5, 5.41) is 0. The summed E-state index contributed by atoms with van der Waals surface area (Å²) in [7, 11) is 0. The van der Waals surface area contributed by atoms with E-state index in [0.717, 1.165) is 5.75 Å². The summed E-state index contributed by atoms with van der Waals surface area (Å²) in [5.74, 6) is 0.958. The number of rotatable bonds is 4. The van der Waals surface area contributed by atoms with Gasteiger partial charge in [-0.1, -0.05) is 66.2 Å². The number of benzene rings is 3. The Morgan fingerprint density at radius 3 is 2.30 bits per heavy atom. The average Bonchev–Trinajstić information content (AvgIpc) is 2.56. The molecule has 0 N–H and O–H groups in total. The molecule has 0 atom stereocenters. The predicted octanol–water partition coefficient (Wildman–Crippen LogP) is 5.86. The van der Waals surface area contributed by atoms with Crippen LogP contribution in [0.3, 0.4) is 0 Å². The van der Waals surface area contributed by atoms with Gasteiger partial charge >= 0.3 is 0 Å². The first-order valence-corrected chi connectivity index (χ1v) is 7.99. The molecular formula is C22H22O. The Bertz CT molecular complexity index is 803. The number of aryl methyl sites for hydroxylation is 2. The van der Waals surface area contributed by atoms with Gasteiger partial charge in [0.2, 0.25) is 0 Å². The zero-order chi connectivity index (χ0) is 16.2. The van der Waals surface area contributed by atoms with Gasteiger partial charge < -0.3 is 4.74 Å². The van der Waals surface area contributed by atoms with Crippen LogP contribution in [0.2, 0.25) is 0 Å². The molecule has 0 saturated heterocycles. The fourth-order valence-corrected chi connectivity index (χ4v) is 2.89. The van der Waals surface area contributed by atoms with Crippen molar-refractivity contribution < 1.29 is 4.74 Å². The Morgan fingerprint density at radius 2 is 1.57 bits per heavy atom. The fourth-order valence-electron chi connectivity index (χ4n) is 2.89. The lowest BCUT2D eigenvalue weighted by Gasteiger charge is -2.14. The minimum absolute atomic E-state index is 0.594. The molecule has 23 heavy (non-hydrogen) atoms. The van der Waals surface area contributed by atoms with Crippen LogP contribution in [-0.4, -0.2) is 0 Å². The summed E-state index contributed by atoms with van der Waals surface area (Å²) in [6, 6.07) is 23.2. The molecule has 0 radical (unpaired) electrons. The molecule has 0 amide bonds. The highest BCUT2D eigenvalue weighted by atomic mass is 16.5. The van der Waals surface area contributed by atoms with E-state index in [9.17, 15) is 0 Å². The smallest absolute Gasteiger partial charge is 0.122 e. The van der Waals surface area contributed by atoms with Gasteiger partial charge in [0.25, 0.3) is 0 Å². The van der Waals surface area contributed by atoms with Gasteiger partial charge in [-0.2, -0.15) is 0 Å². The van der Waals surface area contributed by atoms with Crippen LogP contribution in [-0.2, 0) is 6.61 Å². The van der Waals surface area contributed by atoms with Gasteiger partial charge in [-0.25, -0.2) is 0 Å². The monoisotopic (exact) mass is 302 g/mol. The van der Waals surface area contributed by atoms with Crippen molar-refractivity contribution in [3.8, 4) is 16.9 Å². The van der Waals surface area contributed by atoms with Crippen LogP contribution in [0.15, 0.2) is 66.7 Å². The maximum absolute atomic E-state index is 6.05. The lowest BCUT2D eigenvalue weighted by molar-refractivity contribution is 0.303. The molecule has 0 unspecified atom stereocenters. The third kappa shape index (κ3) is 3.45. The Morgan fingerprint density at radius 1 is 0.783 bits per heavy atom. The van der Waals surface area contributed by atoms with Crippen molar-refractivity contribution in [1.82, 2.24) is 0 Å². The zero-order valence-electron chi connectivity index (χ0n) is 14.0. The molecule has 1 heteroatoms. The van der Waals surface area contributed by atoms with E-state index in [0.29, 0.717) is 6.61 Å². The summed E-state index contributed by atoms with van der Waals surface area (Å²) >= 11 is 0. The molecule has 0 aliphatic carbocycles. The summed E-state index contributed by atoms with van der Waals surface area (Å²) in [6.07, 6.45) is 0. The van der Waals surface area contributed by atoms with Crippen molar-refractivity contribution in [3.05, 3.63) is 89.0 Å². The minimum atomic E-state index is 0.594. The van der Waals surface area contributed by atoms with E-state index in [1.54, 1.807) is 0 Å². The first kappa shape index (κ1) is 15.4. The fraction of sp³-hybridized carbons (Fsp3) is 0.182. The molecule has 0 saturated carbocycles. The molecule has 0 heterocycles. The van der Waals surface area contributed by atoms with Crippen LogP contribution >= 0.6 is 0 Å². The maximum atomic E-state index is 6.05. The lowest BCUT2D eigenvalue weighted by atomic mass is 9.97. The molecule has 3 rings (SSSR count). The van der Waals surface area contributed by atoms with E-state index in [-0.39, 0.29) is 0 Å². The van der Waals surface area contributed by atoms with Crippen molar-refractivity contribution in [2.45, 2.75) is 27.4 Å². The quantitative estimate of drug-likeness (QED) is 0.586. The molecule has 116 valence electrons. The van der Waals surface area contributed by atoms with Crippen LogP contribution in [0.1, 0.15) is 22.3 Å². The van der Waals surface area contributed by atoms with Gasteiger partial charge in [0.1, 0.15) is 12.4 Å². The second-order valence-electron chi connectivity index (χ2n) is 6.01. The highest BCUT2D eigenvalue weighted by Crippen LogP contribution is 2.27. The van der Waals surface area contributed by atoms with E-state index in [4.69, 9.17) is 4.74 Å². The summed E-state index contributed by atoms with van der Waals surface area (Å²) < 4.78 is 6.05. The number of hydrogen-bond donors (Lipinski definition) is 0. The van der Waals surface area contributed by atoms with Gasteiger partial charge in [-0.15, -0.1) is 0 Å². The van der Waals surface area contributed by atoms with Crippen molar-refractivity contribution in [1.29, 1.82) is 0 Å². The molecule has 0 spiro atoms. The van der Waals surface area contributed by atoms with Crippen molar-refractivity contribution in [2.24, 2.45) is 0 Å². The molecule has 0 aliphatic heterocycles. The standard InChI is InChI=1S/C22H22O/c1-16-12-13-22(17(2)14-16)23-15-20-10-7-11-21(18(20)3)19-8-5-4-6-9-19/h4-14H,15H2,1-3H3. The number of hydrogen-bond acceptors (Lipinski definition) is 1. The first-order valence-electron chi connectivity index (χ1n) is 7.99. The summed E-state index contributed by atoms with van der Waals surface area (Å²) in [4.78, 5) is 0. The molecule has 3 aromatic rings. The van der Waals surface area contributed by atoms with Crippen molar-refractivity contribution in [3.63, 3.8) is 0 Å². The van der Waals surface area contributed by atoms with E-state index in [1.165, 1.54) is 33.4 Å². The third-order valence-electron chi connectivity index (χ3n) is 4.24. The topological polar surface area (TPSA) is 9.23 Å². The molecule has 0 aromatic heterocycles. The molecule has 0 bridgehead atoms. The van der Waals surface area contributed by atoms with Crippen LogP contribution in [0.25, 0.3) is 11.1 Å². The molecule has 1 nitrogen and oxygen atoms in total. The lowest BCUT2D eigenvalue weighted by Crippen LogP contribution is -2.00. The second kappa shape index (κ2) is 6.70. The van der Waals surface area contributed by atoms with E-state index >= 15 is 0 Å². The normalized spacial score (nSPS) is 10.6. The molecule has 0 fully saturated rings. The molecule has 3 aromatic carbocycles. The largest absolute Gasteiger partial charge is 0.489 e.